The average Bonchev–Trinajstić information content (AvgIpc) is 3.18. The molecule has 0 radical (unpaired) electrons. The third kappa shape index (κ3) is 4.21. The second-order valence-corrected chi connectivity index (χ2v) is 6.00. The van der Waals surface area contributed by atoms with Crippen molar-refractivity contribution in [2.45, 2.75) is 6.04 Å². The highest BCUT2D eigenvalue weighted by atomic mass is 35.5. The zero-order valence-corrected chi connectivity index (χ0v) is 14.8. The fourth-order valence-corrected chi connectivity index (χ4v) is 3.17. The summed E-state index contributed by atoms with van der Waals surface area (Å²) < 4.78 is 2.04. The van der Waals surface area contributed by atoms with E-state index in [1.807, 2.05) is 59.4 Å². The van der Waals surface area contributed by atoms with Crippen molar-refractivity contribution in [1.29, 1.82) is 0 Å². The molecule has 1 unspecified atom stereocenters. The highest BCUT2D eigenvalue weighted by Crippen LogP contribution is 2.33. The smallest absolute Gasteiger partial charge is 0.291 e. The zero-order valence-electron chi connectivity index (χ0n) is 14.0. The van der Waals surface area contributed by atoms with Crippen molar-refractivity contribution in [2.75, 3.05) is 0 Å². The van der Waals surface area contributed by atoms with Crippen molar-refractivity contribution in [3.63, 3.8) is 0 Å². The zero-order chi connectivity index (χ0) is 19.2. The van der Waals surface area contributed by atoms with Crippen molar-refractivity contribution in [3.8, 4) is 0 Å². The van der Waals surface area contributed by atoms with Crippen LogP contribution >= 0.6 is 11.6 Å². The lowest BCUT2D eigenvalue weighted by molar-refractivity contribution is -0.742. The molecule has 0 aliphatic heterocycles. The van der Waals surface area contributed by atoms with Gasteiger partial charge in [0.2, 0.25) is 0 Å². The molecule has 0 bridgehead atoms. The Balaban J connectivity index is 0.000000481. The van der Waals surface area contributed by atoms with E-state index >= 15 is 0 Å². The van der Waals surface area contributed by atoms with E-state index in [-0.39, 0.29) is 6.04 Å². The maximum atomic E-state index is 8.36. The normalized spacial score (nSPS) is 11.4. The van der Waals surface area contributed by atoms with Gasteiger partial charge in [0.05, 0.1) is 12.0 Å². The molecule has 8 heteroatoms. The summed E-state index contributed by atoms with van der Waals surface area (Å²) in [6, 6.07) is 18.1. The Labute approximate surface area is 159 Å². The summed E-state index contributed by atoms with van der Waals surface area (Å²) in [5.41, 5.74) is 1.98. The summed E-state index contributed by atoms with van der Waals surface area (Å²) in [6.07, 6.45) is 7.36. The second kappa shape index (κ2) is 8.29. The summed E-state index contributed by atoms with van der Waals surface area (Å²) in [7, 11) is 0. The predicted octanol–water partition coefficient (Wildman–Crippen LogP) is 4.37. The highest BCUT2D eigenvalue weighted by molar-refractivity contribution is 6.31. The third-order valence-corrected chi connectivity index (χ3v) is 4.33. The molecule has 0 saturated heterocycles. The van der Waals surface area contributed by atoms with Crippen LogP contribution in [0, 0.1) is 10.1 Å². The molecule has 27 heavy (non-hydrogen) atoms. The fraction of sp³-hybridized carbons (Fsp3) is 0.0526. The molecule has 4 aromatic rings. The summed E-state index contributed by atoms with van der Waals surface area (Å²) in [5, 5.41) is 16.6. The molecule has 0 saturated carbocycles. The van der Waals surface area contributed by atoms with Gasteiger partial charge < -0.3 is 9.77 Å². The summed E-state index contributed by atoms with van der Waals surface area (Å²) >= 11 is 6.48. The molecule has 2 aromatic heterocycles. The molecule has 2 heterocycles. The largest absolute Gasteiger partial charge is 0.328 e. The van der Waals surface area contributed by atoms with Crippen LogP contribution in [0.1, 0.15) is 17.3 Å². The number of fused-ring (bicyclic) bond motifs is 1. The number of halogens is 1. The Kier molecular flexibility index (Phi) is 5.63. The lowest BCUT2D eigenvalue weighted by Crippen LogP contribution is -2.13. The first-order valence-electron chi connectivity index (χ1n) is 7.96. The van der Waals surface area contributed by atoms with Crippen LogP contribution in [-0.2, 0) is 0 Å². The van der Waals surface area contributed by atoms with Gasteiger partial charge in [-0.2, -0.15) is 0 Å². The lowest BCUT2D eigenvalue weighted by atomic mass is 9.98. The number of rotatable bonds is 3. The van der Waals surface area contributed by atoms with Gasteiger partial charge in [0.15, 0.2) is 0 Å². The van der Waals surface area contributed by atoms with Crippen LogP contribution in [0.2, 0.25) is 5.02 Å². The van der Waals surface area contributed by atoms with Crippen LogP contribution < -0.4 is 0 Å². The van der Waals surface area contributed by atoms with Gasteiger partial charge in [0.1, 0.15) is 6.04 Å². The van der Waals surface area contributed by atoms with Crippen LogP contribution in [-0.4, -0.2) is 24.8 Å². The molecule has 1 N–H and O–H groups in total. The van der Waals surface area contributed by atoms with Crippen LogP contribution in [0.4, 0.5) is 0 Å². The minimum absolute atomic E-state index is 0.114. The van der Waals surface area contributed by atoms with Gasteiger partial charge in [-0.15, -0.1) is 10.1 Å². The van der Waals surface area contributed by atoms with Gasteiger partial charge in [0.25, 0.3) is 5.09 Å². The standard InChI is InChI=1S/C19H14ClN3.HNO3/c20-17-8-4-3-7-16(17)19(23-12-11-21-13-23)18-15-6-2-1-5-14(15)9-10-22-18;2-1(3)4/h1-13,19H;(H,2,3,4). The van der Waals surface area contributed by atoms with E-state index in [0.717, 1.165) is 27.1 Å². The number of imidazole rings is 1. The topological polar surface area (TPSA) is 94.1 Å². The highest BCUT2D eigenvalue weighted by Gasteiger charge is 2.21. The van der Waals surface area contributed by atoms with Gasteiger partial charge in [-0.3, -0.25) is 4.98 Å². The van der Waals surface area contributed by atoms with E-state index in [1.165, 1.54) is 0 Å². The minimum Gasteiger partial charge on any atom is -0.328 e. The number of hydrogen-bond acceptors (Lipinski definition) is 4. The van der Waals surface area contributed by atoms with Gasteiger partial charge in [-0.1, -0.05) is 54.1 Å². The Bertz CT molecular complexity index is 1040. The Hall–Kier alpha value is -3.45. The fourth-order valence-electron chi connectivity index (χ4n) is 2.93. The maximum Gasteiger partial charge on any atom is 0.291 e. The van der Waals surface area contributed by atoms with Crippen LogP contribution in [0.3, 0.4) is 0 Å². The molecular weight excluding hydrogens is 368 g/mol. The average molecular weight is 383 g/mol. The van der Waals surface area contributed by atoms with Crippen molar-refractivity contribution in [1.82, 2.24) is 14.5 Å². The molecule has 1 atom stereocenters. The molecule has 7 nitrogen and oxygen atoms in total. The van der Waals surface area contributed by atoms with Crippen molar-refractivity contribution in [3.05, 3.63) is 106 Å². The molecular formula is C19H15ClN4O3. The molecule has 0 amide bonds. The molecule has 0 aliphatic carbocycles. The quantitative estimate of drug-likeness (QED) is 0.419. The van der Waals surface area contributed by atoms with Gasteiger partial charge in [-0.25, -0.2) is 4.98 Å². The lowest BCUT2D eigenvalue weighted by Gasteiger charge is -2.21. The second-order valence-electron chi connectivity index (χ2n) is 5.59. The first-order valence-corrected chi connectivity index (χ1v) is 8.34. The number of aromatic nitrogens is 3. The number of pyridine rings is 1. The molecule has 0 spiro atoms. The SMILES string of the molecule is Clc1ccccc1C(c1nccc2ccccc12)n1ccnc1.O=[N+]([O-])O. The number of hydrogen-bond donors (Lipinski definition) is 1. The van der Waals surface area contributed by atoms with E-state index in [4.69, 9.17) is 26.9 Å². The predicted molar refractivity (Wildman–Crippen MR) is 101 cm³/mol. The van der Waals surface area contributed by atoms with E-state index in [9.17, 15) is 0 Å². The Morgan fingerprint density at radius 3 is 2.48 bits per heavy atom. The van der Waals surface area contributed by atoms with Gasteiger partial charge >= 0.3 is 0 Å². The minimum atomic E-state index is -1.50. The molecule has 136 valence electrons. The first kappa shape index (κ1) is 18.3. The first-order chi connectivity index (χ1) is 13.1. The summed E-state index contributed by atoms with van der Waals surface area (Å²) in [6.45, 7) is 0. The van der Waals surface area contributed by atoms with Crippen LogP contribution in [0.5, 0.6) is 0 Å². The van der Waals surface area contributed by atoms with Crippen molar-refractivity contribution in [2.24, 2.45) is 0 Å². The van der Waals surface area contributed by atoms with E-state index in [1.54, 1.807) is 12.5 Å². The van der Waals surface area contributed by atoms with Crippen molar-refractivity contribution < 1.29 is 10.3 Å². The molecule has 0 fully saturated rings. The monoisotopic (exact) mass is 382 g/mol. The summed E-state index contributed by atoms with van der Waals surface area (Å²) in [5.74, 6) is 0. The molecule has 2 aromatic carbocycles. The molecule has 4 rings (SSSR count). The number of nitrogens with zero attached hydrogens (tertiary/aromatic N) is 4. The van der Waals surface area contributed by atoms with E-state index in [2.05, 4.69) is 22.1 Å². The maximum absolute atomic E-state index is 8.36. The van der Waals surface area contributed by atoms with E-state index < -0.39 is 5.09 Å². The summed E-state index contributed by atoms with van der Waals surface area (Å²) in [4.78, 5) is 17.2. The Morgan fingerprint density at radius 2 is 1.78 bits per heavy atom. The third-order valence-electron chi connectivity index (χ3n) is 3.99. The van der Waals surface area contributed by atoms with E-state index in [0.29, 0.717) is 0 Å². The number of benzene rings is 2. The molecule has 0 aliphatic rings. The Morgan fingerprint density at radius 1 is 1.07 bits per heavy atom. The van der Waals surface area contributed by atoms with Gasteiger partial charge in [-0.05, 0) is 23.1 Å². The van der Waals surface area contributed by atoms with Gasteiger partial charge in [0, 0.05) is 29.0 Å². The van der Waals surface area contributed by atoms with Crippen LogP contribution in [0.15, 0.2) is 79.5 Å². The van der Waals surface area contributed by atoms with Crippen LogP contribution in [0.25, 0.3) is 10.8 Å². The van der Waals surface area contributed by atoms with Crippen molar-refractivity contribution >= 4 is 22.4 Å².